The number of hydrogen-bond donors (Lipinski definition) is 1. The molecule has 1 nitrogen and oxygen atoms in total. The van der Waals surface area contributed by atoms with Gasteiger partial charge >= 0.3 is 0 Å². The van der Waals surface area contributed by atoms with Gasteiger partial charge in [-0.2, -0.15) is 0 Å². The summed E-state index contributed by atoms with van der Waals surface area (Å²) in [5, 5.41) is 11.0. The van der Waals surface area contributed by atoms with Gasteiger partial charge in [0, 0.05) is 0 Å². The van der Waals surface area contributed by atoms with Gasteiger partial charge in [0.1, 0.15) is 0 Å². The van der Waals surface area contributed by atoms with Crippen molar-refractivity contribution >= 4 is 0 Å². The summed E-state index contributed by atoms with van der Waals surface area (Å²) in [5.74, 6) is 1.29. The molecule has 0 atom stereocenters. The van der Waals surface area contributed by atoms with Gasteiger partial charge < -0.3 is 5.11 Å². The molecule has 1 heteroatoms. The highest BCUT2D eigenvalue weighted by atomic mass is 16.3. The van der Waals surface area contributed by atoms with Gasteiger partial charge in [-0.1, -0.05) is 58.9 Å². The molecule has 1 saturated carbocycles. The third-order valence-electron chi connectivity index (χ3n) is 5.15. The van der Waals surface area contributed by atoms with E-state index in [2.05, 4.69) is 58.9 Å². The van der Waals surface area contributed by atoms with Crippen LogP contribution in [0.3, 0.4) is 0 Å². The topological polar surface area (TPSA) is 20.2 Å². The first kappa shape index (κ1) is 15.6. The molecule has 0 unspecified atom stereocenters. The molecule has 1 fully saturated rings. The summed E-state index contributed by atoms with van der Waals surface area (Å²) < 4.78 is 0. The van der Waals surface area contributed by atoms with Gasteiger partial charge in [0.05, 0.1) is 5.60 Å². The maximum absolute atomic E-state index is 11.0. The molecule has 1 N–H and O–H groups in total. The van der Waals surface area contributed by atoms with Crippen molar-refractivity contribution in [1.82, 2.24) is 0 Å². The molecule has 0 aliphatic heterocycles. The largest absolute Gasteiger partial charge is 0.385 e. The molecule has 0 saturated heterocycles. The molecule has 0 bridgehead atoms. The lowest BCUT2D eigenvalue weighted by molar-refractivity contribution is -0.0298. The zero-order valence-corrected chi connectivity index (χ0v) is 13.7. The molecule has 0 radical (unpaired) electrons. The van der Waals surface area contributed by atoms with E-state index in [9.17, 15) is 5.11 Å². The standard InChI is InChI=1S/C19H30O/c1-14(2)15-6-8-17(9-7-15)19(20)12-10-16(11-13-19)18(3,4)5/h6-9,14,16,20H,10-13H2,1-5H3. The minimum atomic E-state index is -0.600. The fraction of sp³-hybridized carbons (Fsp3) is 0.684. The minimum Gasteiger partial charge on any atom is -0.385 e. The van der Waals surface area contributed by atoms with Crippen molar-refractivity contribution < 1.29 is 5.11 Å². The second kappa shape index (κ2) is 5.52. The molecule has 1 aromatic rings. The lowest BCUT2D eigenvalue weighted by Crippen LogP contribution is -2.35. The number of benzene rings is 1. The molecule has 0 heterocycles. The van der Waals surface area contributed by atoms with Crippen LogP contribution in [0.4, 0.5) is 0 Å². The summed E-state index contributed by atoms with van der Waals surface area (Å²) in [7, 11) is 0. The average Bonchev–Trinajstić information content (AvgIpc) is 2.38. The lowest BCUT2D eigenvalue weighted by atomic mass is 9.67. The fourth-order valence-corrected chi connectivity index (χ4v) is 3.43. The fourth-order valence-electron chi connectivity index (χ4n) is 3.43. The maximum Gasteiger partial charge on any atom is 0.0896 e. The molecule has 0 aromatic heterocycles. The number of hydrogen-bond acceptors (Lipinski definition) is 1. The van der Waals surface area contributed by atoms with Crippen molar-refractivity contribution in [3.05, 3.63) is 35.4 Å². The first-order valence-electron chi connectivity index (χ1n) is 8.05. The third-order valence-corrected chi connectivity index (χ3v) is 5.15. The molecule has 0 amide bonds. The van der Waals surface area contributed by atoms with Crippen molar-refractivity contribution in [2.75, 3.05) is 0 Å². The Kier molecular flexibility index (Phi) is 4.30. The first-order valence-corrected chi connectivity index (χ1v) is 8.05. The van der Waals surface area contributed by atoms with Crippen LogP contribution in [0.25, 0.3) is 0 Å². The second-order valence-electron chi connectivity index (χ2n) is 7.95. The van der Waals surface area contributed by atoms with Gasteiger partial charge in [0.15, 0.2) is 0 Å². The molecule has 0 spiro atoms. The maximum atomic E-state index is 11.0. The van der Waals surface area contributed by atoms with E-state index in [1.165, 1.54) is 5.56 Å². The quantitative estimate of drug-likeness (QED) is 0.782. The van der Waals surface area contributed by atoms with E-state index >= 15 is 0 Å². The summed E-state index contributed by atoms with van der Waals surface area (Å²) >= 11 is 0. The van der Waals surface area contributed by atoms with Gasteiger partial charge in [-0.3, -0.25) is 0 Å². The molecular formula is C19H30O. The average molecular weight is 274 g/mol. The van der Waals surface area contributed by atoms with Crippen molar-refractivity contribution in [3.63, 3.8) is 0 Å². The molecular weight excluding hydrogens is 244 g/mol. The summed E-state index contributed by atoms with van der Waals surface area (Å²) in [4.78, 5) is 0. The van der Waals surface area contributed by atoms with Gasteiger partial charge in [-0.15, -0.1) is 0 Å². The summed E-state index contributed by atoms with van der Waals surface area (Å²) in [6.45, 7) is 11.4. The van der Waals surface area contributed by atoms with Crippen molar-refractivity contribution in [2.45, 2.75) is 71.8 Å². The molecule has 1 aromatic carbocycles. The monoisotopic (exact) mass is 274 g/mol. The Bertz CT molecular complexity index is 428. The Morgan fingerprint density at radius 2 is 1.55 bits per heavy atom. The van der Waals surface area contributed by atoms with E-state index < -0.39 is 5.60 Å². The van der Waals surface area contributed by atoms with Gasteiger partial charge in [-0.05, 0) is 54.1 Å². The van der Waals surface area contributed by atoms with Gasteiger partial charge in [-0.25, -0.2) is 0 Å². The minimum absolute atomic E-state index is 0.364. The van der Waals surface area contributed by atoms with Gasteiger partial charge in [0.2, 0.25) is 0 Å². The normalized spacial score (nSPS) is 27.9. The predicted octanol–water partition coefficient (Wildman–Crippen LogP) is 5.23. The third kappa shape index (κ3) is 3.25. The zero-order valence-electron chi connectivity index (χ0n) is 13.7. The van der Waals surface area contributed by atoms with Crippen LogP contribution in [-0.4, -0.2) is 5.11 Å². The Hall–Kier alpha value is -0.820. The van der Waals surface area contributed by atoms with Crippen molar-refractivity contribution in [2.24, 2.45) is 11.3 Å². The van der Waals surface area contributed by atoms with Crippen LogP contribution < -0.4 is 0 Å². The van der Waals surface area contributed by atoms with Crippen LogP contribution in [0.15, 0.2) is 24.3 Å². The molecule has 20 heavy (non-hydrogen) atoms. The Labute approximate surface area is 124 Å². The predicted molar refractivity (Wildman–Crippen MR) is 85.8 cm³/mol. The van der Waals surface area contributed by atoms with Crippen molar-refractivity contribution in [1.29, 1.82) is 0 Å². The van der Waals surface area contributed by atoms with Crippen LogP contribution in [0.5, 0.6) is 0 Å². The van der Waals surface area contributed by atoms with Crippen LogP contribution in [0, 0.1) is 11.3 Å². The van der Waals surface area contributed by atoms with Crippen LogP contribution >= 0.6 is 0 Å². The molecule has 2 rings (SSSR count). The van der Waals surface area contributed by atoms with E-state index in [1.54, 1.807) is 0 Å². The van der Waals surface area contributed by atoms with Crippen LogP contribution in [0.2, 0.25) is 0 Å². The lowest BCUT2D eigenvalue weighted by Gasteiger charge is -2.41. The first-order chi connectivity index (χ1) is 9.22. The molecule has 112 valence electrons. The van der Waals surface area contributed by atoms with E-state index in [0.29, 0.717) is 11.3 Å². The Morgan fingerprint density at radius 3 is 1.95 bits per heavy atom. The molecule has 1 aliphatic carbocycles. The van der Waals surface area contributed by atoms with Crippen molar-refractivity contribution in [3.8, 4) is 0 Å². The zero-order chi connectivity index (χ0) is 15.0. The summed E-state index contributed by atoms with van der Waals surface area (Å²) in [6.07, 6.45) is 4.06. The SMILES string of the molecule is CC(C)c1ccc(C2(O)CCC(C(C)(C)C)CC2)cc1. The Morgan fingerprint density at radius 1 is 1.05 bits per heavy atom. The van der Waals surface area contributed by atoms with Crippen LogP contribution in [-0.2, 0) is 5.60 Å². The highest BCUT2D eigenvalue weighted by molar-refractivity contribution is 5.29. The smallest absolute Gasteiger partial charge is 0.0896 e. The second-order valence-corrected chi connectivity index (χ2v) is 7.95. The highest BCUT2D eigenvalue weighted by Crippen LogP contribution is 2.45. The van der Waals surface area contributed by atoms with Crippen LogP contribution in [0.1, 0.15) is 77.3 Å². The Balaban J connectivity index is 2.09. The number of aliphatic hydroxyl groups is 1. The van der Waals surface area contributed by atoms with E-state index in [0.717, 1.165) is 37.2 Å². The molecule has 1 aliphatic rings. The summed E-state index contributed by atoms with van der Waals surface area (Å²) in [6, 6.07) is 8.61. The van der Waals surface area contributed by atoms with E-state index in [-0.39, 0.29) is 0 Å². The summed E-state index contributed by atoms with van der Waals surface area (Å²) in [5.41, 5.74) is 2.22. The van der Waals surface area contributed by atoms with Gasteiger partial charge in [0.25, 0.3) is 0 Å². The number of rotatable bonds is 2. The van der Waals surface area contributed by atoms with E-state index in [4.69, 9.17) is 0 Å². The highest BCUT2D eigenvalue weighted by Gasteiger charge is 2.38. The van der Waals surface area contributed by atoms with E-state index in [1.807, 2.05) is 0 Å².